The highest BCUT2D eigenvalue weighted by molar-refractivity contribution is 4.94. The van der Waals surface area contributed by atoms with Gasteiger partial charge < -0.3 is 68.9 Å². The molecule has 7 N–H and O–H groups in total. The maximum absolute atomic E-state index is 10.5. The summed E-state index contributed by atoms with van der Waals surface area (Å²) in [5.41, 5.74) is 0. The van der Waals surface area contributed by atoms with Gasteiger partial charge in [-0.05, 0) is 0 Å². The minimum atomic E-state index is -1.73. The van der Waals surface area contributed by atoms with Gasteiger partial charge in [-0.1, -0.05) is 5.92 Å². The molecule has 2 rings (SSSR count). The summed E-state index contributed by atoms with van der Waals surface area (Å²) in [6.07, 6.45) is -9.95. The van der Waals surface area contributed by atoms with Gasteiger partial charge in [0.25, 0.3) is 0 Å². The van der Waals surface area contributed by atoms with Crippen LogP contribution < -0.4 is 0 Å². The first-order valence-corrected chi connectivity index (χ1v) is 11.2. The Kier molecular flexibility index (Phi) is 13.8. The number of aliphatic hydroxyl groups is 7. The first-order chi connectivity index (χ1) is 16.8. The highest BCUT2D eigenvalue weighted by Crippen LogP contribution is 2.29. The molecule has 14 heteroatoms. The van der Waals surface area contributed by atoms with E-state index < -0.39 is 74.6 Å². The van der Waals surface area contributed by atoms with Crippen LogP contribution in [-0.4, -0.2) is 157 Å². The summed E-state index contributed by atoms with van der Waals surface area (Å²) in [7, 11) is 0. The van der Waals surface area contributed by atoms with Crippen molar-refractivity contribution >= 4 is 0 Å². The third-order valence-corrected chi connectivity index (χ3v) is 5.40. The van der Waals surface area contributed by atoms with Gasteiger partial charge in [0.1, 0.15) is 55.4 Å². The number of rotatable bonds is 15. The smallest absolute Gasteiger partial charge is 0.187 e. The van der Waals surface area contributed by atoms with E-state index in [9.17, 15) is 35.7 Å². The summed E-state index contributed by atoms with van der Waals surface area (Å²) < 4.78 is 37.3. The average Bonchev–Trinajstić information content (AvgIpc) is 2.86. The fourth-order valence-electron chi connectivity index (χ4n) is 3.49. The summed E-state index contributed by atoms with van der Waals surface area (Å²) in [5.74, 6) is 2.34. The first-order valence-electron chi connectivity index (χ1n) is 11.2. The van der Waals surface area contributed by atoms with E-state index in [0.29, 0.717) is 19.8 Å². The molecule has 14 nitrogen and oxygen atoms in total. The Morgan fingerprint density at radius 2 is 1.17 bits per heavy atom. The molecular weight excluding hydrogens is 476 g/mol. The molecule has 0 aliphatic carbocycles. The Morgan fingerprint density at radius 3 is 1.77 bits per heavy atom. The van der Waals surface area contributed by atoms with E-state index in [1.165, 1.54) is 0 Å². The molecule has 35 heavy (non-hydrogen) atoms. The quantitative estimate of drug-likeness (QED) is 0.0813. The molecule has 0 aromatic heterocycles. The average molecular weight is 513 g/mol. The van der Waals surface area contributed by atoms with Crippen LogP contribution in [0.25, 0.3) is 0 Å². The molecular formula is C21H36O14. The third-order valence-electron chi connectivity index (χ3n) is 5.40. The Hall–Kier alpha value is -1.00. The topological polar surface area (TPSA) is 206 Å². The van der Waals surface area contributed by atoms with Crippen LogP contribution in [0.3, 0.4) is 0 Å². The molecule has 0 unspecified atom stereocenters. The van der Waals surface area contributed by atoms with Gasteiger partial charge in [-0.3, -0.25) is 0 Å². The zero-order chi connectivity index (χ0) is 25.8. The van der Waals surface area contributed by atoms with Gasteiger partial charge in [0.05, 0.1) is 52.9 Å². The molecule has 2 aliphatic heterocycles. The fraction of sp³-hybridized carbons (Fsp3) is 0.905. The van der Waals surface area contributed by atoms with Crippen molar-refractivity contribution in [1.82, 2.24) is 0 Å². The SMILES string of the molecule is C#CCOCCOCCOCCO[C@@H]1O[C@H](CO)[C@@H](O[C@H]2O[C@H](CO)[C@@H](O)[C@H](O)[C@H]2O)[C@H](O)[C@H]1O. The van der Waals surface area contributed by atoms with Gasteiger partial charge in [0, 0.05) is 0 Å². The van der Waals surface area contributed by atoms with E-state index in [1.54, 1.807) is 0 Å². The number of ether oxygens (including phenoxy) is 7. The highest BCUT2D eigenvalue weighted by atomic mass is 16.7. The lowest BCUT2D eigenvalue weighted by Crippen LogP contribution is -2.64. The lowest BCUT2D eigenvalue weighted by Gasteiger charge is -2.45. The third kappa shape index (κ3) is 8.81. The van der Waals surface area contributed by atoms with Crippen LogP contribution in [0.5, 0.6) is 0 Å². The van der Waals surface area contributed by atoms with Crippen molar-refractivity contribution in [2.75, 3.05) is 59.5 Å². The van der Waals surface area contributed by atoms with Crippen LogP contribution in [0.2, 0.25) is 0 Å². The molecule has 2 fully saturated rings. The Labute approximate surface area is 202 Å². The van der Waals surface area contributed by atoms with Crippen LogP contribution in [0.1, 0.15) is 0 Å². The van der Waals surface area contributed by atoms with Crippen molar-refractivity contribution in [3.63, 3.8) is 0 Å². The summed E-state index contributed by atoms with van der Waals surface area (Å²) in [4.78, 5) is 0. The lowest BCUT2D eigenvalue weighted by atomic mass is 9.97. The normalized spacial score (nSPS) is 37.8. The van der Waals surface area contributed by atoms with E-state index >= 15 is 0 Å². The minimum absolute atomic E-state index is 0.00386. The van der Waals surface area contributed by atoms with Crippen molar-refractivity contribution in [1.29, 1.82) is 0 Å². The predicted octanol–water partition coefficient (Wildman–Crippen LogP) is -4.69. The molecule has 0 aromatic rings. The molecule has 0 spiro atoms. The van der Waals surface area contributed by atoms with Crippen LogP contribution in [-0.2, 0) is 33.2 Å². The van der Waals surface area contributed by atoms with Gasteiger partial charge in [-0.2, -0.15) is 0 Å². The fourth-order valence-corrected chi connectivity index (χ4v) is 3.49. The summed E-state index contributed by atoms with van der Waals surface area (Å²) in [5, 5.41) is 69.8. The van der Waals surface area contributed by atoms with Gasteiger partial charge in [0.2, 0.25) is 0 Å². The molecule has 2 saturated heterocycles. The van der Waals surface area contributed by atoms with Gasteiger partial charge >= 0.3 is 0 Å². The Morgan fingerprint density at radius 1 is 0.629 bits per heavy atom. The Bertz CT molecular complexity index is 613. The van der Waals surface area contributed by atoms with E-state index in [-0.39, 0.29) is 26.4 Å². The maximum atomic E-state index is 10.5. The molecule has 2 aliphatic rings. The van der Waals surface area contributed by atoms with Crippen LogP contribution in [0, 0.1) is 12.3 Å². The molecule has 0 radical (unpaired) electrons. The van der Waals surface area contributed by atoms with Crippen molar-refractivity contribution in [3.05, 3.63) is 0 Å². The van der Waals surface area contributed by atoms with E-state index in [2.05, 4.69) is 5.92 Å². The van der Waals surface area contributed by atoms with E-state index in [1.807, 2.05) is 0 Å². The number of hydrogen-bond acceptors (Lipinski definition) is 14. The number of aliphatic hydroxyl groups excluding tert-OH is 7. The molecule has 2 heterocycles. The van der Waals surface area contributed by atoms with Gasteiger partial charge in [0.15, 0.2) is 12.6 Å². The zero-order valence-electron chi connectivity index (χ0n) is 19.2. The highest BCUT2D eigenvalue weighted by Gasteiger charge is 2.50. The van der Waals surface area contributed by atoms with E-state index in [0.717, 1.165) is 0 Å². The van der Waals surface area contributed by atoms with Crippen LogP contribution >= 0.6 is 0 Å². The largest absolute Gasteiger partial charge is 0.394 e. The van der Waals surface area contributed by atoms with Gasteiger partial charge in [-0.25, -0.2) is 0 Å². The second kappa shape index (κ2) is 16.0. The van der Waals surface area contributed by atoms with Crippen molar-refractivity contribution in [2.45, 2.75) is 61.4 Å². The predicted molar refractivity (Wildman–Crippen MR) is 114 cm³/mol. The summed E-state index contributed by atoms with van der Waals surface area (Å²) in [6, 6.07) is 0. The molecule has 204 valence electrons. The van der Waals surface area contributed by atoms with E-state index in [4.69, 9.17) is 39.6 Å². The second-order valence-corrected chi connectivity index (χ2v) is 7.86. The summed E-state index contributed by atoms with van der Waals surface area (Å²) >= 11 is 0. The molecule has 0 aromatic carbocycles. The van der Waals surface area contributed by atoms with Crippen molar-refractivity contribution in [3.8, 4) is 12.3 Å². The number of terminal acetylenes is 1. The molecule has 0 saturated carbocycles. The minimum Gasteiger partial charge on any atom is -0.394 e. The molecule has 10 atom stereocenters. The number of hydrogen-bond donors (Lipinski definition) is 7. The Balaban J connectivity index is 1.75. The standard InChI is InChI=1S/C21H36O14/c1-2-3-29-4-5-30-6-7-31-8-9-32-20-18(28)16(26)19(13(11-23)34-20)35-21-17(27)15(25)14(24)12(10-22)33-21/h1,12-28H,3-11H2/t12-,13-,14-,15+,16-,17-,18-,19-,20-,21-/m1/s1. The monoisotopic (exact) mass is 512 g/mol. The van der Waals surface area contributed by atoms with Crippen LogP contribution in [0.4, 0.5) is 0 Å². The zero-order valence-corrected chi connectivity index (χ0v) is 19.2. The van der Waals surface area contributed by atoms with Gasteiger partial charge in [-0.15, -0.1) is 6.42 Å². The molecule has 0 amide bonds. The van der Waals surface area contributed by atoms with Crippen molar-refractivity contribution in [2.24, 2.45) is 0 Å². The van der Waals surface area contributed by atoms with Crippen molar-refractivity contribution < 1.29 is 68.9 Å². The molecule has 0 bridgehead atoms. The lowest BCUT2D eigenvalue weighted by molar-refractivity contribution is -0.359. The second-order valence-electron chi connectivity index (χ2n) is 7.86. The van der Waals surface area contributed by atoms with Crippen LogP contribution in [0.15, 0.2) is 0 Å². The first kappa shape index (κ1) is 30.2. The maximum Gasteiger partial charge on any atom is 0.187 e. The summed E-state index contributed by atoms with van der Waals surface area (Å²) in [6.45, 7) is 0.378.